The summed E-state index contributed by atoms with van der Waals surface area (Å²) in [4.78, 5) is 0. The van der Waals surface area contributed by atoms with E-state index in [0.717, 1.165) is 42.3 Å². The Morgan fingerprint density at radius 3 is 2.60 bits per heavy atom. The molecule has 0 aromatic heterocycles. The van der Waals surface area contributed by atoms with Crippen LogP contribution >= 0.6 is 23.2 Å². The van der Waals surface area contributed by atoms with Crippen molar-refractivity contribution in [1.29, 1.82) is 0 Å². The maximum Gasteiger partial charge on any atom is 0.138 e. The molecule has 20 heavy (non-hydrogen) atoms. The summed E-state index contributed by atoms with van der Waals surface area (Å²) in [5.74, 6) is 1.66. The predicted molar refractivity (Wildman–Crippen MR) is 85.3 cm³/mol. The molecule has 2 aromatic carbocycles. The zero-order valence-corrected chi connectivity index (χ0v) is 12.8. The molecule has 0 fully saturated rings. The predicted octanol–water partition coefficient (Wildman–Crippen LogP) is 5.38. The number of hydrogen-bond donors (Lipinski definition) is 1. The zero-order valence-electron chi connectivity index (χ0n) is 11.2. The van der Waals surface area contributed by atoms with Gasteiger partial charge in [-0.25, -0.2) is 0 Å². The van der Waals surface area contributed by atoms with Crippen molar-refractivity contribution in [3.63, 3.8) is 0 Å². The normalized spacial score (nSPS) is 10.9. The largest absolute Gasteiger partial charge is 0.508 e. The number of ether oxygens (including phenoxy) is 1. The molecule has 0 bridgehead atoms. The first kappa shape index (κ1) is 15.3. The Labute approximate surface area is 129 Å². The smallest absolute Gasteiger partial charge is 0.138 e. The molecule has 2 rings (SSSR count). The van der Waals surface area contributed by atoms with Crippen molar-refractivity contribution in [2.75, 3.05) is 12.5 Å². The van der Waals surface area contributed by atoms with Gasteiger partial charge >= 0.3 is 0 Å². The van der Waals surface area contributed by atoms with Gasteiger partial charge in [-0.1, -0.05) is 30.5 Å². The number of aromatic hydroxyl groups is 1. The third-order valence-electron chi connectivity index (χ3n) is 3.19. The lowest BCUT2D eigenvalue weighted by atomic mass is 10.1. The minimum absolute atomic E-state index is 0.238. The van der Waals surface area contributed by atoms with Crippen molar-refractivity contribution >= 4 is 34.0 Å². The molecule has 4 heteroatoms. The highest BCUT2D eigenvalue weighted by atomic mass is 35.5. The summed E-state index contributed by atoms with van der Waals surface area (Å²) in [5.41, 5.74) is 0. The fourth-order valence-electron chi connectivity index (χ4n) is 2.10. The maximum absolute atomic E-state index is 9.45. The van der Waals surface area contributed by atoms with E-state index in [-0.39, 0.29) is 5.75 Å². The Hall–Kier alpha value is -1.12. The van der Waals surface area contributed by atoms with E-state index in [1.165, 1.54) is 0 Å². The van der Waals surface area contributed by atoms with Gasteiger partial charge in [0, 0.05) is 11.3 Å². The number of hydrogen-bond acceptors (Lipinski definition) is 2. The second-order valence-corrected chi connectivity index (χ2v) is 5.49. The van der Waals surface area contributed by atoms with Crippen molar-refractivity contribution < 1.29 is 9.84 Å². The van der Waals surface area contributed by atoms with E-state index in [1.54, 1.807) is 18.2 Å². The Morgan fingerprint density at radius 1 is 1.00 bits per heavy atom. The quantitative estimate of drug-likeness (QED) is 0.549. The third kappa shape index (κ3) is 3.94. The molecule has 2 aromatic rings. The first-order chi connectivity index (χ1) is 9.72. The lowest BCUT2D eigenvalue weighted by Gasteiger charge is -2.10. The molecule has 0 heterocycles. The number of halogens is 2. The standard InChI is InChI=1S/C16H18Cl2O2/c17-9-3-1-2-4-10-20-15-8-5-12-11-13(19)6-7-14(12)16(15)18/h5-8,11,19H,1-4,9-10H2. The lowest BCUT2D eigenvalue weighted by molar-refractivity contribution is 0.305. The minimum Gasteiger partial charge on any atom is -0.508 e. The number of phenolic OH excluding ortho intramolecular Hbond substituents is 1. The highest BCUT2D eigenvalue weighted by molar-refractivity contribution is 6.37. The Kier molecular flexibility index (Phi) is 5.81. The van der Waals surface area contributed by atoms with Crippen molar-refractivity contribution in [2.45, 2.75) is 25.7 Å². The Balaban J connectivity index is 1.97. The van der Waals surface area contributed by atoms with Crippen LogP contribution in [0, 0.1) is 0 Å². The highest BCUT2D eigenvalue weighted by Crippen LogP contribution is 2.34. The van der Waals surface area contributed by atoms with Gasteiger partial charge in [0.2, 0.25) is 0 Å². The van der Waals surface area contributed by atoms with Crippen LogP contribution in [-0.4, -0.2) is 17.6 Å². The number of phenols is 1. The van der Waals surface area contributed by atoms with E-state index < -0.39 is 0 Å². The molecule has 108 valence electrons. The molecule has 0 amide bonds. The van der Waals surface area contributed by atoms with Crippen LogP contribution < -0.4 is 4.74 Å². The third-order valence-corrected chi connectivity index (χ3v) is 3.84. The van der Waals surface area contributed by atoms with Crippen molar-refractivity contribution in [3.05, 3.63) is 35.4 Å². The van der Waals surface area contributed by atoms with Crippen molar-refractivity contribution in [2.24, 2.45) is 0 Å². The fraction of sp³-hybridized carbons (Fsp3) is 0.375. The zero-order chi connectivity index (χ0) is 14.4. The van der Waals surface area contributed by atoms with Gasteiger partial charge in [0.1, 0.15) is 11.5 Å². The maximum atomic E-state index is 9.45. The first-order valence-electron chi connectivity index (χ1n) is 6.82. The van der Waals surface area contributed by atoms with Crippen LogP contribution in [0.25, 0.3) is 10.8 Å². The molecule has 0 aliphatic rings. The molecule has 0 unspecified atom stereocenters. The molecule has 1 N–H and O–H groups in total. The van der Waals surface area contributed by atoms with Gasteiger partial charge in [-0.15, -0.1) is 11.6 Å². The molecule has 0 aliphatic heterocycles. The lowest BCUT2D eigenvalue weighted by Crippen LogP contribution is -1.98. The molecular formula is C16H18Cl2O2. The molecule has 0 atom stereocenters. The fourth-order valence-corrected chi connectivity index (χ4v) is 2.58. The number of fused-ring (bicyclic) bond motifs is 1. The molecule has 0 spiro atoms. The van der Waals surface area contributed by atoms with Crippen LogP contribution in [-0.2, 0) is 0 Å². The van der Waals surface area contributed by atoms with Crippen LogP contribution in [0.4, 0.5) is 0 Å². The second-order valence-electron chi connectivity index (χ2n) is 4.73. The summed E-state index contributed by atoms with van der Waals surface area (Å²) in [6, 6.07) is 8.88. The summed E-state index contributed by atoms with van der Waals surface area (Å²) in [5, 5.41) is 11.9. The molecular weight excluding hydrogens is 295 g/mol. The Morgan fingerprint density at radius 2 is 1.80 bits per heavy atom. The van der Waals surface area contributed by atoms with Gasteiger partial charge in [0.05, 0.1) is 11.6 Å². The average molecular weight is 313 g/mol. The molecule has 2 nitrogen and oxygen atoms in total. The molecule has 0 saturated heterocycles. The van der Waals surface area contributed by atoms with Crippen molar-refractivity contribution in [3.8, 4) is 11.5 Å². The highest BCUT2D eigenvalue weighted by Gasteiger charge is 2.07. The summed E-state index contributed by atoms with van der Waals surface area (Å²) >= 11 is 12.0. The molecule has 0 radical (unpaired) electrons. The van der Waals surface area contributed by atoms with Crippen LogP contribution in [0.2, 0.25) is 5.02 Å². The number of benzene rings is 2. The van der Waals surface area contributed by atoms with Gasteiger partial charge in [-0.2, -0.15) is 0 Å². The van der Waals surface area contributed by atoms with E-state index >= 15 is 0 Å². The van der Waals surface area contributed by atoms with E-state index in [2.05, 4.69) is 0 Å². The SMILES string of the molecule is Oc1ccc2c(Cl)c(OCCCCCCCl)ccc2c1. The first-order valence-corrected chi connectivity index (χ1v) is 7.73. The summed E-state index contributed by atoms with van der Waals surface area (Å²) in [7, 11) is 0. The van der Waals surface area contributed by atoms with Gasteiger partial charge in [-0.3, -0.25) is 0 Å². The van der Waals surface area contributed by atoms with E-state index in [4.69, 9.17) is 27.9 Å². The number of alkyl halides is 1. The van der Waals surface area contributed by atoms with Crippen LogP contribution in [0.5, 0.6) is 11.5 Å². The Bertz CT molecular complexity index is 570. The van der Waals surface area contributed by atoms with E-state index in [0.29, 0.717) is 17.4 Å². The van der Waals surface area contributed by atoms with Gasteiger partial charge in [0.15, 0.2) is 0 Å². The minimum atomic E-state index is 0.238. The number of rotatable bonds is 7. The summed E-state index contributed by atoms with van der Waals surface area (Å²) < 4.78 is 5.73. The van der Waals surface area contributed by atoms with E-state index in [1.807, 2.05) is 12.1 Å². The van der Waals surface area contributed by atoms with Crippen molar-refractivity contribution in [1.82, 2.24) is 0 Å². The summed E-state index contributed by atoms with van der Waals surface area (Å²) in [6.45, 7) is 0.658. The monoisotopic (exact) mass is 312 g/mol. The summed E-state index contributed by atoms with van der Waals surface area (Å²) in [6.07, 6.45) is 4.31. The molecule has 0 aliphatic carbocycles. The van der Waals surface area contributed by atoms with Crippen LogP contribution in [0.3, 0.4) is 0 Å². The topological polar surface area (TPSA) is 29.5 Å². The number of unbranched alkanes of at least 4 members (excludes halogenated alkanes) is 3. The average Bonchev–Trinajstić information content (AvgIpc) is 2.44. The van der Waals surface area contributed by atoms with Gasteiger partial charge in [-0.05, 0) is 42.5 Å². The van der Waals surface area contributed by atoms with E-state index in [9.17, 15) is 5.11 Å². The molecule has 0 saturated carbocycles. The van der Waals surface area contributed by atoms with Gasteiger partial charge in [0.25, 0.3) is 0 Å². The van der Waals surface area contributed by atoms with Crippen LogP contribution in [0.1, 0.15) is 25.7 Å². The van der Waals surface area contributed by atoms with Gasteiger partial charge < -0.3 is 9.84 Å². The van der Waals surface area contributed by atoms with Crippen LogP contribution in [0.15, 0.2) is 30.3 Å². The second kappa shape index (κ2) is 7.61.